The molecule has 34 heavy (non-hydrogen) atoms. The van der Waals surface area contributed by atoms with Crippen LogP contribution in [0.3, 0.4) is 0 Å². The highest BCUT2D eigenvalue weighted by Crippen LogP contribution is 2.41. The van der Waals surface area contributed by atoms with Crippen molar-refractivity contribution in [2.45, 2.75) is 32.6 Å². The van der Waals surface area contributed by atoms with Crippen LogP contribution in [-0.2, 0) is 30.6 Å². The van der Waals surface area contributed by atoms with Crippen molar-refractivity contribution in [2.24, 2.45) is 5.92 Å². The van der Waals surface area contributed by atoms with Gasteiger partial charge in [-0.15, -0.1) is 0 Å². The third-order valence-corrected chi connectivity index (χ3v) is 7.61. The number of carbonyl (C=O) groups is 2. The molecule has 2 bridgehead atoms. The number of likely N-dealkylation sites (tertiary alicyclic amines) is 1. The van der Waals surface area contributed by atoms with Gasteiger partial charge in [0.1, 0.15) is 6.61 Å². The Hall–Kier alpha value is -2.81. The second kappa shape index (κ2) is 9.82. The Bertz CT molecular complexity index is 1040. The van der Waals surface area contributed by atoms with Gasteiger partial charge in [-0.3, -0.25) is 19.8 Å². The largest absolute Gasteiger partial charge is 0.444 e. The molecule has 4 fully saturated rings. The van der Waals surface area contributed by atoms with E-state index in [1.807, 2.05) is 0 Å². The van der Waals surface area contributed by atoms with Crippen LogP contribution in [0, 0.1) is 16.0 Å². The van der Waals surface area contributed by atoms with Crippen molar-refractivity contribution in [1.82, 2.24) is 14.1 Å². The maximum Gasteiger partial charge on any atom is 0.412 e. The van der Waals surface area contributed by atoms with Crippen LogP contribution in [0.2, 0.25) is 0 Å². The molecule has 5 rings (SSSR count). The molecule has 0 aromatic heterocycles. The number of benzene rings is 1. The Morgan fingerprint density at radius 1 is 1.24 bits per heavy atom. The first-order valence-corrected chi connectivity index (χ1v) is 11.8. The highest BCUT2D eigenvalue weighted by molar-refractivity contribution is 7.84. The van der Waals surface area contributed by atoms with Gasteiger partial charge in [-0.2, -0.15) is 12.7 Å². The molecule has 0 saturated carbocycles. The molecule has 0 aliphatic carbocycles. The number of piperazine rings is 1. The summed E-state index contributed by atoms with van der Waals surface area (Å²) in [4.78, 5) is 39.2. The van der Waals surface area contributed by atoms with Crippen molar-refractivity contribution in [1.29, 1.82) is 0 Å². The third-order valence-electron chi connectivity index (χ3n) is 6.13. The van der Waals surface area contributed by atoms with Gasteiger partial charge in [0.2, 0.25) is 5.72 Å². The second-order valence-corrected chi connectivity index (χ2v) is 9.73. The quantitative estimate of drug-likeness (QED) is 0.453. The number of fused-ring (bicyclic) bond motifs is 3. The summed E-state index contributed by atoms with van der Waals surface area (Å²) in [7, 11) is -4.29. The molecule has 13 nitrogen and oxygen atoms in total. The van der Waals surface area contributed by atoms with Crippen molar-refractivity contribution < 1.29 is 37.0 Å². The Morgan fingerprint density at radius 2 is 1.88 bits per heavy atom. The van der Waals surface area contributed by atoms with Gasteiger partial charge in [0.25, 0.3) is 11.6 Å². The minimum atomic E-state index is -4.29. The number of ether oxygens (including phenoxy) is 1. The molecule has 0 radical (unpaired) electrons. The first-order chi connectivity index (χ1) is 15.7. The number of hydrogen-bond acceptors (Lipinski definition) is 9. The Morgan fingerprint density at radius 3 is 2.47 bits per heavy atom. The Balaban J connectivity index is 0.00000324. The average molecular weight is 501 g/mol. The molecule has 14 heteroatoms. The lowest BCUT2D eigenvalue weighted by molar-refractivity contribution is -0.384. The van der Waals surface area contributed by atoms with E-state index in [2.05, 4.69) is 0 Å². The van der Waals surface area contributed by atoms with Gasteiger partial charge in [-0.05, 0) is 30.0 Å². The monoisotopic (exact) mass is 500 g/mol. The van der Waals surface area contributed by atoms with Crippen LogP contribution in [0.4, 0.5) is 10.5 Å². The number of carbonyl (C=O) groups excluding carboxylic acids is 2. The van der Waals surface area contributed by atoms with E-state index in [0.29, 0.717) is 5.56 Å². The average Bonchev–Trinajstić information content (AvgIpc) is 3.15. The molecule has 4 saturated heterocycles. The summed E-state index contributed by atoms with van der Waals surface area (Å²) in [5.41, 5.74) is -1.74. The molecule has 1 N–H and O–H groups in total. The SMILES string of the molecule is C.O=C(OCc1ccc([N+](=O)[O-])cc1)N1CC(CCO)CC12OS(=O)(=O)N1CCN(CC1)C2=O. The maximum atomic E-state index is 13.4. The highest BCUT2D eigenvalue weighted by Gasteiger charge is 2.61. The minimum absolute atomic E-state index is 0. The molecule has 2 atom stereocenters. The standard InChI is InChI=1S/C19H24N4O9S.CH4/c24-10-5-15-11-19(17(25)20-6-8-21(9-7-20)33(29,30)32-19)22(12-15)18(26)31-13-14-1-3-16(4-2-14)23(27)28;/h1-4,15,24H,5-13H2;1H4. The van der Waals surface area contributed by atoms with Crippen LogP contribution < -0.4 is 0 Å². The van der Waals surface area contributed by atoms with E-state index in [0.717, 1.165) is 9.21 Å². The molecular formula is C20H28N4O9S. The number of hydrogen-bond donors (Lipinski definition) is 1. The fourth-order valence-corrected chi connectivity index (χ4v) is 5.71. The van der Waals surface area contributed by atoms with E-state index in [9.17, 15) is 33.2 Å². The van der Waals surface area contributed by atoms with E-state index < -0.39 is 33.0 Å². The van der Waals surface area contributed by atoms with Gasteiger partial charge in [0, 0.05) is 57.9 Å². The van der Waals surface area contributed by atoms with Crippen LogP contribution >= 0.6 is 0 Å². The van der Waals surface area contributed by atoms with Gasteiger partial charge < -0.3 is 14.7 Å². The lowest BCUT2D eigenvalue weighted by Crippen LogP contribution is -2.67. The first-order valence-electron chi connectivity index (χ1n) is 10.4. The number of non-ortho nitro benzene ring substituents is 1. The fraction of sp³-hybridized carbons (Fsp3) is 0.600. The van der Waals surface area contributed by atoms with Gasteiger partial charge in [0.05, 0.1) is 4.92 Å². The lowest BCUT2D eigenvalue weighted by atomic mass is 9.99. The molecule has 4 heterocycles. The molecule has 4 aliphatic heterocycles. The van der Waals surface area contributed by atoms with Crippen molar-refractivity contribution >= 4 is 28.0 Å². The summed E-state index contributed by atoms with van der Waals surface area (Å²) in [5, 5.41) is 20.2. The number of aliphatic hydroxyl groups is 1. The van der Waals surface area contributed by atoms with Crippen LogP contribution in [0.5, 0.6) is 0 Å². The number of nitro benzene ring substituents is 1. The third kappa shape index (κ3) is 4.71. The van der Waals surface area contributed by atoms with Gasteiger partial charge in [0.15, 0.2) is 0 Å². The zero-order valence-corrected chi connectivity index (χ0v) is 18.5. The molecule has 2 amide bonds. The van der Waals surface area contributed by atoms with Crippen LogP contribution in [0.25, 0.3) is 0 Å². The maximum absolute atomic E-state index is 13.4. The predicted molar refractivity (Wildman–Crippen MR) is 117 cm³/mol. The summed E-state index contributed by atoms with van der Waals surface area (Å²) in [6.45, 7) is 0.0888. The second-order valence-electron chi connectivity index (χ2n) is 8.19. The van der Waals surface area contributed by atoms with Crippen LogP contribution in [0.1, 0.15) is 25.8 Å². The van der Waals surface area contributed by atoms with Crippen molar-refractivity contribution in [3.05, 3.63) is 39.9 Å². The molecule has 188 valence electrons. The molecule has 1 aromatic rings. The number of nitrogens with zero attached hydrogens (tertiary/aromatic N) is 4. The summed E-state index contributed by atoms with van der Waals surface area (Å²) < 4.78 is 37.7. The van der Waals surface area contributed by atoms with E-state index in [-0.39, 0.29) is 77.8 Å². The van der Waals surface area contributed by atoms with Crippen LogP contribution in [0.15, 0.2) is 24.3 Å². The van der Waals surface area contributed by atoms with E-state index >= 15 is 0 Å². The zero-order chi connectivity index (χ0) is 23.8. The Labute approximate surface area is 197 Å². The van der Waals surface area contributed by atoms with Gasteiger partial charge >= 0.3 is 16.4 Å². The summed E-state index contributed by atoms with van der Waals surface area (Å²) in [5.74, 6) is -1.01. The highest BCUT2D eigenvalue weighted by atomic mass is 32.2. The smallest absolute Gasteiger partial charge is 0.412 e. The van der Waals surface area contributed by atoms with Crippen molar-refractivity contribution in [2.75, 3.05) is 39.3 Å². The summed E-state index contributed by atoms with van der Waals surface area (Å²) in [6, 6.07) is 5.40. The Kier molecular flexibility index (Phi) is 7.45. The fourth-order valence-electron chi connectivity index (χ4n) is 4.41. The first kappa shape index (κ1) is 25.8. The van der Waals surface area contributed by atoms with Crippen molar-refractivity contribution in [3.8, 4) is 0 Å². The number of rotatable bonds is 5. The minimum Gasteiger partial charge on any atom is -0.444 e. The van der Waals surface area contributed by atoms with E-state index in [4.69, 9.17) is 8.92 Å². The van der Waals surface area contributed by atoms with E-state index in [1.54, 1.807) is 0 Å². The normalized spacial score (nSPS) is 26.1. The topological polar surface area (TPSA) is 160 Å². The predicted octanol–water partition coefficient (Wildman–Crippen LogP) is 0.687. The zero-order valence-electron chi connectivity index (χ0n) is 17.7. The molecule has 4 aliphatic rings. The molecule has 2 unspecified atom stereocenters. The summed E-state index contributed by atoms with van der Waals surface area (Å²) >= 11 is 0. The number of aliphatic hydroxyl groups excluding tert-OH is 1. The van der Waals surface area contributed by atoms with Gasteiger partial charge in [-0.25, -0.2) is 8.98 Å². The van der Waals surface area contributed by atoms with Crippen LogP contribution in [-0.4, -0.2) is 89.6 Å². The number of nitro groups is 1. The van der Waals surface area contributed by atoms with Crippen molar-refractivity contribution in [3.63, 3.8) is 0 Å². The molecule has 1 spiro atoms. The number of amides is 2. The van der Waals surface area contributed by atoms with Gasteiger partial charge in [-0.1, -0.05) is 7.43 Å². The lowest BCUT2D eigenvalue weighted by Gasteiger charge is -2.45. The molecular weight excluding hydrogens is 472 g/mol. The van der Waals surface area contributed by atoms with E-state index in [1.165, 1.54) is 29.2 Å². The molecule has 1 aromatic carbocycles. The summed E-state index contributed by atoms with van der Waals surface area (Å²) in [6.07, 6.45) is -0.804.